The van der Waals surface area contributed by atoms with Crippen molar-refractivity contribution in [2.75, 3.05) is 31.6 Å². The van der Waals surface area contributed by atoms with Gasteiger partial charge in [0.1, 0.15) is 6.61 Å². The van der Waals surface area contributed by atoms with Crippen LogP contribution in [0.2, 0.25) is 0 Å². The number of nitrogens with one attached hydrogen (secondary N) is 2. The van der Waals surface area contributed by atoms with Gasteiger partial charge in [0, 0.05) is 25.8 Å². The fraction of sp³-hybridized carbons (Fsp3) is 0.364. The molecule has 0 unspecified atom stereocenters. The maximum atomic E-state index is 12.6. The lowest BCUT2D eigenvalue weighted by atomic mass is 10.1. The molecule has 3 rings (SSSR count). The van der Waals surface area contributed by atoms with E-state index in [1.165, 1.54) is 5.56 Å². The van der Waals surface area contributed by atoms with Crippen LogP contribution >= 0.6 is 0 Å². The van der Waals surface area contributed by atoms with Crippen LogP contribution < -0.4 is 15.5 Å². The van der Waals surface area contributed by atoms with E-state index in [-0.39, 0.29) is 19.1 Å². The fourth-order valence-electron chi connectivity index (χ4n) is 3.30. The molecule has 0 bridgehead atoms. The zero-order valence-corrected chi connectivity index (χ0v) is 17.2. The van der Waals surface area contributed by atoms with Gasteiger partial charge in [-0.25, -0.2) is 0 Å². The van der Waals surface area contributed by atoms with E-state index in [1.807, 2.05) is 24.3 Å². The third-order valence-electron chi connectivity index (χ3n) is 4.84. The number of alkyl halides is 3. The van der Waals surface area contributed by atoms with E-state index in [1.54, 1.807) is 36.2 Å². The van der Waals surface area contributed by atoms with Gasteiger partial charge in [-0.05, 0) is 29.2 Å². The molecule has 31 heavy (non-hydrogen) atoms. The quantitative estimate of drug-likeness (QED) is 0.520. The van der Waals surface area contributed by atoms with Gasteiger partial charge in [0.25, 0.3) is 0 Å². The molecule has 0 aliphatic carbocycles. The van der Waals surface area contributed by atoms with Crippen LogP contribution in [-0.4, -0.2) is 44.8 Å². The Kier molecular flexibility index (Phi) is 7.51. The number of nitrogens with zero attached hydrogens (tertiary/aromatic N) is 2. The third-order valence-corrected chi connectivity index (χ3v) is 4.84. The normalized spacial score (nSPS) is 13.8. The van der Waals surface area contributed by atoms with Crippen molar-refractivity contribution in [1.29, 1.82) is 0 Å². The van der Waals surface area contributed by atoms with Gasteiger partial charge in [0.05, 0.1) is 13.2 Å². The summed E-state index contributed by atoms with van der Waals surface area (Å²) < 4.78 is 41.0. The van der Waals surface area contributed by atoms with Gasteiger partial charge >= 0.3 is 6.18 Å². The predicted octanol–water partition coefficient (Wildman–Crippen LogP) is 3.02. The number of fused-ring (bicyclic) bond motifs is 1. The molecule has 0 aromatic heterocycles. The van der Waals surface area contributed by atoms with Crippen molar-refractivity contribution in [3.05, 3.63) is 65.2 Å². The van der Waals surface area contributed by atoms with Crippen molar-refractivity contribution >= 4 is 17.6 Å². The molecule has 166 valence electrons. The lowest BCUT2D eigenvalue weighted by Crippen LogP contribution is -2.44. The second-order valence-corrected chi connectivity index (χ2v) is 7.13. The number of halogens is 3. The lowest BCUT2D eigenvalue weighted by Gasteiger charge is -2.19. The molecule has 9 heteroatoms. The van der Waals surface area contributed by atoms with E-state index in [2.05, 4.69) is 20.4 Å². The lowest BCUT2D eigenvalue weighted by molar-refractivity contribution is -0.176. The SMILES string of the molecule is CN=C(NCC(=O)N1CCc2ccccc21)NCc1ccc(COCC(F)(F)F)cc1. The molecular weight excluding hydrogens is 409 g/mol. The Morgan fingerprint density at radius 2 is 1.81 bits per heavy atom. The number of carbonyl (C=O) groups is 1. The van der Waals surface area contributed by atoms with Crippen LogP contribution in [0, 0.1) is 0 Å². The van der Waals surface area contributed by atoms with Gasteiger partial charge in [-0.1, -0.05) is 42.5 Å². The second kappa shape index (κ2) is 10.3. The van der Waals surface area contributed by atoms with E-state index in [4.69, 9.17) is 0 Å². The highest BCUT2D eigenvalue weighted by molar-refractivity contribution is 5.98. The Morgan fingerprint density at radius 1 is 1.10 bits per heavy atom. The van der Waals surface area contributed by atoms with Crippen LogP contribution in [0.15, 0.2) is 53.5 Å². The first-order valence-corrected chi connectivity index (χ1v) is 9.91. The monoisotopic (exact) mass is 434 g/mol. The summed E-state index contributed by atoms with van der Waals surface area (Å²) in [5.41, 5.74) is 3.71. The number of ether oxygens (including phenoxy) is 1. The number of anilines is 1. The number of aliphatic imine (C=N–C) groups is 1. The maximum Gasteiger partial charge on any atom is 0.411 e. The number of hydrogen-bond acceptors (Lipinski definition) is 3. The van der Waals surface area contributed by atoms with E-state index in [9.17, 15) is 18.0 Å². The molecule has 1 aliphatic heterocycles. The Hall–Kier alpha value is -3.07. The molecule has 6 nitrogen and oxygen atoms in total. The predicted molar refractivity (Wildman–Crippen MR) is 113 cm³/mol. The Bertz CT molecular complexity index is 914. The fourth-order valence-corrected chi connectivity index (χ4v) is 3.30. The summed E-state index contributed by atoms with van der Waals surface area (Å²) in [5.74, 6) is 0.453. The molecule has 2 N–H and O–H groups in total. The molecular formula is C22H25F3N4O2. The molecule has 0 saturated carbocycles. The van der Waals surface area contributed by atoms with Crippen LogP contribution in [0.5, 0.6) is 0 Å². The Balaban J connectivity index is 1.43. The highest BCUT2D eigenvalue weighted by Gasteiger charge is 2.27. The number of guanidine groups is 1. The van der Waals surface area contributed by atoms with Gasteiger partial charge in [0.2, 0.25) is 5.91 Å². The smallest absolute Gasteiger partial charge is 0.367 e. The van der Waals surface area contributed by atoms with Crippen LogP contribution in [0.4, 0.5) is 18.9 Å². The van der Waals surface area contributed by atoms with E-state index < -0.39 is 12.8 Å². The van der Waals surface area contributed by atoms with Gasteiger partial charge < -0.3 is 20.3 Å². The third kappa shape index (κ3) is 6.71. The molecule has 1 heterocycles. The number of benzene rings is 2. The Labute approximate surface area is 179 Å². The highest BCUT2D eigenvalue weighted by atomic mass is 19.4. The molecule has 2 aromatic carbocycles. The molecule has 0 spiro atoms. The summed E-state index contributed by atoms with van der Waals surface area (Å²) in [6, 6.07) is 14.9. The van der Waals surface area contributed by atoms with E-state index in [0.29, 0.717) is 24.6 Å². The average Bonchev–Trinajstić information content (AvgIpc) is 3.18. The standard InChI is InChI=1S/C22H25F3N4O2/c1-26-21(28-13-20(30)29-11-10-18-4-2-3-5-19(18)29)27-12-16-6-8-17(9-7-16)14-31-15-22(23,24)25/h2-9H,10-15H2,1H3,(H2,26,27,28). The van der Waals surface area contributed by atoms with Gasteiger partial charge in [-0.2, -0.15) is 13.2 Å². The molecule has 0 atom stereocenters. The largest absolute Gasteiger partial charge is 0.411 e. The van der Waals surface area contributed by atoms with Crippen molar-refractivity contribution in [1.82, 2.24) is 10.6 Å². The van der Waals surface area contributed by atoms with E-state index in [0.717, 1.165) is 17.7 Å². The van der Waals surface area contributed by atoms with Crippen LogP contribution in [0.25, 0.3) is 0 Å². The number of para-hydroxylation sites is 1. The van der Waals surface area contributed by atoms with Gasteiger partial charge in [-0.15, -0.1) is 0 Å². The van der Waals surface area contributed by atoms with Gasteiger partial charge in [0.15, 0.2) is 5.96 Å². The molecule has 0 saturated heterocycles. The molecule has 0 radical (unpaired) electrons. The zero-order chi connectivity index (χ0) is 22.3. The summed E-state index contributed by atoms with van der Waals surface area (Å²) in [6.45, 7) is -0.128. The van der Waals surface area contributed by atoms with E-state index >= 15 is 0 Å². The van der Waals surface area contributed by atoms with Crippen LogP contribution in [-0.2, 0) is 29.1 Å². The number of rotatable bonds is 7. The summed E-state index contributed by atoms with van der Waals surface area (Å²) >= 11 is 0. The minimum absolute atomic E-state index is 0.0314. The molecule has 0 fully saturated rings. The number of hydrogen-bond donors (Lipinski definition) is 2. The van der Waals surface area contributed by atoms with Crippen molar-refractivity contribution in [2.45, 2.75) is 25.7 Å². The summed E-state index contributed by atoms with van der Waals surface area (Å²) in [4.78, 5) is 18.5. The highest BCUT2D eigenvalue weighted by Crippen LogP contribution is 2.27. The first-order chi connectivity index (χ1) is 14.9. The summed E-state index contributed by atoms with van der Waals surface area (Å²) in [5, 5.41) is 6.14. The summed E-state index contributed by atoms with van der Waals surface area (Å²) in [6.07, 6.45) is -3.47. The molecule has 2 aromatic rings. The molecule has 1 amide bonds. The minimum Gasteiger partial charge on any atom is -0.367 e. The van der Waals surface area contributed by atoms with Crippen LogP contribution in [0.3, 0.4) is 0 Å². The molecule has 1 aliphatic rings. The zero-order valence-electron chi connectivity index (χ0n) is 17.2. The van der Waals surface area contributed by atoms with Crippen molar-refractivity contribution in [2.24, 2.45) is 4.99 Å². The Morgan fingerprint density at radius 3 is 2.52 bits per heavy atom. The second-order valence-electron chi connectivity index (χ2n) is 7.13. The van der Waals surface area contributed by atoms with Crippen molar-refractivity contribution in [3.8, 4) is 0 Å². The minimum atomic E-state index is -4.33. The van der Waals surface area contributed by atoms with Crippen molar-refractivity contribution in [3.63, 3.8) is 0 Å². The number of amides is 1. The van der Waals surface area contributed by atoms with Crippen molar-refractivity contribution < 1.29 is 22.7 Å². The first kappa shape index (κ1) is 22.6. The summed E-state index contributed by atoms with van der Waals surface area (Å²) in [7, 11) is 1.62. The average molecular weight is 434 g/mol. The number of carbonyl (C=O) groups excluding carboxylic acids is 1. The first-order valence-electron chi connectivity index (χ1n) is 9.91. The maximum absolute atomic E-state index is 12.6. The topological polar surface area (TPSA) is 66.0 Å². The van der Waals surface area contributed by atoms with Crippen LogP contribution in [0.1, 0.15) is 16.7 Å². The van der Waals surface area contributed by atoms with Gasteiger partial charge in [-0.3, -0.25) is 9.79 Å².